The summed E-state index contributed by atoms with van der Waals surface area (Å²) < 4.78 is 6.39. The topological polar surface area (TPSA) is 78.4 Å². The van der Waals surface area contributed by atoms with E-state index in [1.165, 1.54) is 6.21 Å². The maximum absolute atomic E-state index is 12.0. The van der Waals surface area contributed by atoms with E-state index < -0.39 is 5.91 Å². The second kappa shape index (κ2) is 6.46. The zero-order valence-corrected chi connectivity index (χ0v) is 13.4. The van der Waals surface area contributed by atoms with E-state index in [1.54, 1.807) is 36.4 Å². The first-order valence-electron chi connectivity index (χ1n) is 6.68. The molecule has 0 aliphatic carbocycles. The quantitative estimate of drug-likeness (QED) is 0.564. The number of hydrazone groups is 1. The van der Waals surface area contributed by atoms with Crippen LogP contribution in [0.15, 0.2) is 62.5 Å². The molecule has 3 rings (SSSR count). The second-order valence-electron chi connectivity index (χ2n) is 4.73. The smallest absolute Gasteiger partial charge is 0.307 e. The van der Waals surface area contributed by atoms with Crippen molar-refractivity contribution in [3.8, 4) is 6.07 Å². The van der Waals surface area contributed by atoms with Gasteiger partial charge in [0.2, 0.25) is 0 Å². The van der Waals surface area contributed by atoms with Gasteiger partial charge in [-0.2, -0.15) is 10.4 Å². The minimum absolute atomic E-state index is 0.190. The van der Waals surface area contributed by atoms with Crippen molar-refractivity contribution < 1.29 is 9.21 Å². The van der Waals surface area contributed by atoms with E-state index in [4.69, 9.17) is 9.68 Å². The van der Waals surface area contributed by atoms with Crippen molar-refractivity contribution in [2.24, 2.45) is 5.10 Å². The number of fused-ring (bicyclic) bond motifs is 1. The molecule has 23 heavy (non-hydrogen) atoms. The molecule has 3 aromatic rings. The van der Waals surface area contributed by atoms with Gasteiger partial charge in [0.1, 0.15) is 5.58 Å². The van der Waals surface area contributed by atoms with Crippen molar-refractivity contribution in [2.45, 2.75) is 0 Å². The summed E-state index contributed by atoms with van der Waals surface area (Å²) in [6, 6.07) is 16.0. The molecule has 0 spiro atoms. The SMILES string of the molecule is N#Cc1ccc(C=NNC(=O)c2cc3cc(Br)ccc3o2)cc1. The fourth-order valence-corrected chi connectivity index (χ4v) is 2.37. The van der Waals surface area contributed by atoms with Crippen LogP contribution in [0.3, 0.4) is 0 Å². The van der Waals surface area contributed by atoms with Crippen LogP contribution in [-0.4, -0.2) is 12.1 Å². The van der Waals surface area contributed by atoms with Crippen molar-refractivity contribution in [1.82, 2.24) is 5.43 Å². The lowest BCUT2D eigenvalue weighted by molar-refractivity contribution is 0.0929. The van der Waals surface area contributed by atoms with Gasteiger partial charge in [-0.3, -0.25) is 4.79 Å². The van der Waals surface area contributed by atoms with Gasteiger partial charge >= 0.3 is 5.91 Å². The Morgan fingerprint density at radius 3 is 2.74 bits per heavy atom. The number of nitriles is 1. The monoisotopic (exact) mass is 367 g/mol. The van der Waals surface area contributed by atoms with Crippen molar-refractivity contribution in [3.05, 3.63) is 69.9 Å². The van der Waals surface area contributed by atoms with Gasteiger partial charge in [-0.05, 0) is 42.0 Å². The molecule has 0 aliphatic rings. The van der Waals surface area contributed by atoms with Crippen LogP contribution in [0.25, 0.3) is 11.0 Å². The van der Waals surface area contributed by atoms with Crippen LogP contribution in [0.1, 0.15) is 21.7 Å². The number of amides is 1. The van der Waals surface area contributed by atoms with Crippen LogP contribution in [0, 0.1) is 11.3 Å². The van der Waals surface area contributed by atoms with Gasteiger partial charge in [0.25, 0.3) is 0 Å². The first-order chi connectivity index (χ1) is 11.2. The number of nitrogens with one attached hydrogen (secondary N) is 1. The maximum atomic E-state index is 12.0. The molecule has 6 heteroatoms. The molecule has 0 unspecified atom stereocenters. The van der Waals surface area contributed by atoms with E-state index in [9.17, 15) is 4.79 Å². The van der Waals surface area contributed by atoms with E-state index in [-0.39, 0.29) is 5.76 Å². The van der Waals surface area contributed by atoms with E-state index >= 15 is 0 Å². The number of hydrogen-bond donors (Lipinski definition) is 1. The summed E-state index contributed by atoms with van der Waals surface area (Å²) in [5.74, 6) is -0.239. The summed E-state index contributed by atoms with van der Waals surface area (Å²) in [5.41, 5.74) is 4.39. The van der Waals surface area contributed by atoms with Crippen LogP contribution in [0.2, 0.25) is 0 Å². The summed E-state index contributed by atoms with van der Waals surface area (Å²) >= 11 is 3.37. The average Bonchev–Trinajstić information content (AvgIpc) is 2.98. The van der Waals surface area contributed by atoms with Crippen LogP contribution in [0.4, 0.5) is 0 Å². The highest BCUT2D eigenvalue weighted by molar-refractivity contribution is 9.10. The molecule has 5 nitrogen and oxygen atoms in total. The minimum atomic E-state index is -0.429. The average molecular weight is 368 g/mol. The number of furan rings is 1. The number of benzene rings is 2. The number of carbonyl (C=O) groups excluding carboxylic acids is 1. The highest BCUT2D eigenvalue weighted by atomic mass is 79.9. The fraction of sp³-hybridized carbons (Fsp3) is 0. The van der Waals surface area contributed by atoms with E-state index in [0.29, 0.717) is 11.1 Å². The highest BCUT2D eigenvalue weighted by Gasteiger charge is 2.11. The van der Waals surface area contributed by atoms with Gasteiger partial charge < -0.3 is 4.42 Å². The van der Waals surface area contributed by atoms with Crippen molar-refractivity contribution in [1.29, 1.82) is 5.26 Å². The summed E-state index contributed by atoms with van der Waals surface area (Å²) in [6.45, 7) is 0. The Morgan fingerprint density at radius 1 is 1.22 bits per heavy atom. The van der Waals surface area contributed by atoms with Crippen LogP contribution in [-0.2, 0) is 0 Å². The summed E-state index contributed by atoms with van der Waals surface area (Å²) in [5, 5.41) is 13.4. The molecule has 0 atom stereocenters. The first-order valence-corrected chi connectivity index (χ1v) is 7.48. The van der Waals surface area contributed by atoms with Gasteiger partial charge in [-0.1, -0.05) is 28.1 Å². The maximum Gasteiger partial charge on any atom is 0.307 e. The molecule has 1 N–H and O–H groups in total. The lowest BCUT2D eigenvalue weighted by atomic mass is 10.2. The van der Waals surface area contributed by atoms with Gasteiger partial charge in [0, 0.05) is 9.86 Å². The summed E-state index contributed by atoms with van der Waals surface area (Å²) in [6.07, 6.45) is 1.50. The van der Waals surface area contributed by atoms with Crippen molar-refractivity contribution in [2.75, 3.05) is 0 Å². The molecule has 1 aromatic heterocycles. The van der Waals surface area contributed by atoms with E-state index in [2.05, 4.69) is 26.5 Å². The third-order valence-corrected chi connectivity index (χ3v) is 3.61. The molecule has 0 saturated carbocycles. The molecule has 1 heterocycles. The van der Waals surface area contributed by atoms with Crippen LogP contribution in [0.5, 0.6) is 0 Å². The summed E-state index contributed by atoms with van der Waals surface area (Å²) in [7, 11) is 0. The number of nitrogens with zero attached hydrogens (tertiary/aromatic N) is 2. The van der Waals surface area contributed by atoms with Gasteiger partial charge in [0.15, 0.2) is 5.76 Å². The lowest BCUT2D eigenvalue weighted by Crippen LogP contribution is -2.16. The third kappa shape index (κ3) is 3.47. The molecular weight excluding hydrogens is 358 g/mol. The Hall–Kier alpha value is -2.91. The lowest BCUT2D eigenvalue weighted by Gasteiger charge is -1.95. The molecular formula is C17H10BrN3O2. The minimum Gasteiger partial charge on any atom is -0.451 e. The van der Waals surface area contributed by atoms with Gasteiger partial charge in [-0.15, -0.1) is 0 Å². The van der Waals surface area contributed by atoms with E-state index in [1.807, 2.05) is 18.2 Å². The van der Waals surface area contributed by atoms with Gasteiger partial charge in [-0.25, -0.2) is 5.43 Å². The zero-order chi connectivity index (χ0) is 16.2. The van der Waals surface area contributed by atoms with Crippen molar-refractivity contribution >= 4 is 39.0 Å². The Balaban J connectivity index is 1.70. The summed E-state index contributed by atoms with van der Waals surface area (Å²) in [4.78, 5) is 12.0. The zero-order valence-electron chi connectivity index (χ0n) is 11.8. The Bertz CT molecular complexity index is 937. The van der Waals surface area contributed by atoms with Crippen LogP contribution >= 0.6 is 15.9 Å². The van der Waals surface area contributed by atoms with Crippen molar-refractivity contribution in [3.63, 3.8) is 0 Å². The Morgan fingerprint density at radius 2 is 2.00 bits per heavy atom. The number of halogens is 1. The molecule has 0 fully saturated rings. The van der Waals surface area contributed by atoms with E-state index in [0.717, 1.165) is 15.4 Å². The molecule has 0 bridgehead atoms. The Kier molecular flexibility index (Phi) is 4.22. The Labute approximate surface area is 140 Å². The predicted molar refractivity (Wildman–Crippen MR) is 90.1 cm³/mol. The molecule has 0 saturated heterocycles. The highest BCUT2D eigenvalue weighted by Crippen LogP contribution is 2.23. The second-order valence-corrected chi connectivity index (χ2v) is 5.64. The molecule has 0 aliphatic heterocycles. The molecule has 2 aromatic carbocycles. The van der Waals surface area contributed by atoms with Crippen LogP contribution < -0.4 is 5.43 Å². The molecule has 112 valence electrons. The first kappa shape index (κ1) is 15.0. The third-order valence-electron chi connectivity index (χ3n) is 3.12. The molecule has 0 radical (unpaired) electrons. The number of carbonyl (C=O) groups is 1. The predicted octanol–water partition coefficient (Wildman–Crippen LogP) is 3.83. The fourth-order valence-electron chi connectivity index (χ4n) is 1.99. The molecule has 1 amide bonds. The number of rotatable bonds is 3. The number of hydrogen-bond acceptors (Lipinski definition) is 4. The standard InChI is InChI=1S/C17H10BrN3O2/c18-14-5-6-15-13(7-14)8-16(23-15)17(22)21-20-10-12-3-1-11(9-19)2-4-12/h1-8,10H,(H,21,22). The van der Waals surface area contributed by atoms with Gasteiger partial charge in [0.05, 0.1) is 17.8 Å². The normalized spacial score (nSPS) is 10.8. The largest absolute Gasteiger partial charge is 0.451 e.